The highest BCUT2D eigenvalue weighted by Crippen LogP contribution is 2.20. The number of carbonyl (C=O) groups excluding carboxylic acids is 1. The first-order valence-corrected chi connectivity index (χ1v) is 10.3. The molecule has 0 aliphatic carbocycles. The maximum Gasteiger partial charge on any atom is 0.287 e. The molecule has 2 aromatic carbocycles. The average molecular weight is 485 g/mol. The lowest BCUT2D eigenvalue weighted by molar-refractivity contribution is 0.0922. The average Bonchev–Trinajstić information content (AvgIpc) is 3.44. The second-order valence-corrected chi connectivity index (χ2v) is 7.58. The number of ether oxygens (including phenoxy) is 1. The van der Waals surface area contributed by atoms with E-state index in [2.05, 4.69) is 26.2 Å². The van der Waals surface area contributed by atoms with Gasteiger partial charge in [-0.2, -0.15) is 0 Å². The molecule has 158 valence electrons. The number of oxazole rings is 1. The Balaban J connectivity index is 1.25. The van der Waals surface area contributed by atoms with Crippen LogP contribution in [0.15, 0.2) is 80.2 Å². The summed E-state index contributed by atoms with van der Waals surface area (Å²) < 4.78 is 30.6. The molecular weight excluding hydrogens is 467 g/mol. The van der Waals surface area contributed by atoms with E-state index in [9.17, 15) is 9.18 Å². The highest BCUT2D eigenvalue weighted by atomic mass is 79.9. The third-order valence-corrected chi connectivity index (χ3v) is 4.92. The van der Waals surface area contributed by atoms with E-state index in [1.54, 1.807) is 24.3 Å². The zero-order chi connectivity index (χ0) is 21.6. The Bertz CT molecular complexity index is 1150. The first kappa shape index (κ1) is 20.9. The van der Waals surface area contributed by atoms with E-state index in [1.165, 1.54) is 18.4 Å². The summed E-state index contributed by atoms with van der Waals surface area (Å²) in [6.07, 6.45) is 2.01. The number of benzene rings is 2. The Labute approximate surface area is 186 Å². The summed E-state index contributed by atoms with van der Waals surface area (Å²) in [6, 6.07) is 16.7. The number of rotatable bonds is 8. The van der Waals surface area contributed by atoms with Gasteiger partial charge in [0, 0.05) is 23.0 Å². The van der Waals surface area contributed by atoms with Gasteiger partial charge in [0.25, 0.3) is 5.91 Å². The first-order chi connectivity index (χ1) is 15.1. The molecule has 1 amide bonds. The highest BCUT2D eigenvalue weighted by molar-refractivity contribution is 9.10. The molecule has 0 spiro atoms. The van der Waals surface area contributed by atoms with Gasteiger partial charge in [-0.3, -0.25) is 4.79 Å². The number of hydrogen-bond donors (Lipinski definition) is 1. The summed E-state index contributed by atoms with van der Waals surface area (Å²) in [5, 5.41) is 2.79. The minimum absolute atomic E-state index is 0.210. The molecule has 8 heteroatoms. The third-order valence-electron chi connectivity index (χ3n) is 4.39. The van der Waals surface area contributed by atoms with E-state index in [-0.39, 0.29) is 24.1 Å². The lowest BCUT2D eigenvalue weighted by atomic mass is 10.2. The molecule has 0 saturated heterocycles. The predicted octanol–water partition coefficient (Wildman–Crippen LogP) is 5.39. The van der Waals surface area contributed by atoms with Crippen molar-refractivity contribution in [1.29, 1.82) is 0 Å². The lowest BCUT2D eigenvalue weighted by Crippen LogP contribution is -2.25. The van der Waals surface area contributed by atoms with Crippen LogP contribution in [0.1, 0.15) is 22.0 Å². The normalized spacial score (nSPS) is 10.8. The van der Waals surface area contributed by atoms with E-state index >= 15 is 0 Å². The lowest BCUT2D eigenvalue weighted by Gasteiger charge is -2.04. The smallest absolute Gasteiger partial charge is 0.287 e. The molecule has 0 fully saturated rings. The van der Waals surface area contributed by atoms with Gasteiger partial charge in [0.2, 0.25) is 5.89 Å². The van der Waals surface area contributed by atoms with Gasteiger partial charge in [-0.25, -0.2) is 9.37 Å². The van der Waals surface area contributed by atoms with Crippen LogP contribution in [-0.2, 0) is 13.0 Å². The van der Waals surface area contributed by atoms with Crippen molar-refractivity contribution in [3.8, 4) is 17.2 Å². The standard InChI is InChI=1S/C23H18BrFN2O4/c24-16-3-7-19(8-4-16)29-14-20-9-10-21(31-20)22(28)26-12-11-18-13-30-23(27-18)15-1-5-17(25)6-2-15/h1-10,13H,11-12,14H2,(H,26,28). The van der Waals surface area contributed by atoms with Crippen LogP contribution in [0.5, 0.6) is 5.75 Å². The Morgan fingerprint density at radius 3 is 2.61 bits per heavy atom. The molecule has 31 heavy (non-hydrogen) atoms. The van der Waals surface area contributed by atoms with Gasteiger partial charge < -0.3 is 18.9 Å². The number of amides is 1. The van der Waals surface area contributed by atoms with Crippen molar-refractivity contribution in [2.24, 2.45) is 0 Å². The molecule has 4 aromatic rings. The molecule has 0 aliphatic heterocycles. The topological polar surface area (TPSA) is 77.5 Å². The number of nitrogens with one attached hydrogen (secondary N) is 1. The fourth-order valence-electron chi connectivity index (χ4n) is 2.80. The summed E-state index contributed by atoms with van der Waals surface area (Å²) in [5.74, 6) is 1.23. The van der Waals surface area contributed by atoms with Crippen LogP contribution in [0.2, 0.25) is 0 Å². The minimum atomic E-state index is -0.322. The molecule has 6 nitrogen and oxygen atoms in total. The van der Waals surface area contributed by atoms with Crippen molar-refractivity contribution in [1.82, 2.24) is 10.3 Å². The molecule has 2 aromatic heterocycles. The summed E-state index contributed by atoms with van der Waals surface area (Å²) in [6.45, 7) is 0.583. The van der Waals surface area contributed by atoms with Crippen molar-refractivity contribution in [3.63, 3.8) is 0 Å². The van der Waals surface area contributed by atoms with Gasteiger partial charge in [0.15, 0.2) is 5.76 Å². The summed E-state index contributed by atoms with van der Waals surface area (Å²) in [4.78, 5) is 16.6. The van der Waals surface area contributed by atoms with Crippen LogP contribution in [0.25, 0.3) is 11.5 Å². The molecule has 0 atom stereocenters. The van der Waals surface area contributed by atoms with Gasteiger partial charge in [0.05, 0.1) is 5.69 Å². The molecule has 0 bridgehead atoms. The first-order valence-electron chi connectivity index (χ1n) is 9.52. The molecule has 0 radical (unpaired) electrons. The van der Waals surface area contributed by atoms with Crippen molar-refractivity contribution >= 4 is 21.8 Å². The fraction of sp³-hybridized carbons (Fsp3) is 0.130. The Hall–Kier alpha value is -3.39. The second-order valence-electron chi connectivity index (χ2n) is 6.67. The SMILES string of the molecule is O=C(NCCc1coc(-c2ccc(F)cc2)n1)c1ccc(COc2ccc(Br)cc2)o1. The highest BCUT2D eigenvalue weighted by Gasteiger charge is 2.12. The van der Waals surface area contributed by atoms with Crippen LogP contribution in [-0.4, -0.2) is 17.4 Å². The monoisotopic (exact) mass is 484 g/mol. The number of nitrogens with zero attached hydrogens (tertiary/aromatic N) is 1. The number of carbonyl (C=O) groups is 1. The molecule has 2 heterocycles. The van der Waals surface area contributed by atoms with Crippen molar-refractivity contribution in [3.05, 3.63) is 94.4 Å². The van der Waals surface area contributed by atoms with Gasteiger partial charge in [-0.15, -0.1) is 0 Å². The van der Waals surface area contributed by atoms with Crippen LogP contribution >= 0.6 is 15.9 Å². The second kappa shape index (κ2) is 9.61. The number of halogens is 2. The van der Waals surface area contributed by atoms with Crippen molar-refractivity contribution in [2.75, 3.05) is 6.54 Å². The molecule has 0 aliphatic rings. The van der Waals surface area contributed by atoms with E-state index in [1.807, 2.05) is 24.3 Å². The van der Waals surface area contributed by atoms with Gasteiger partial charge in [0.1, 0.15) is 30.2 Å². The zero-order valence-corrected chi connectivity index (χ0v) is 17.9. The van der Waals surface area contributed by atoms with Crippen molar-refractivity contribution in [2.45, 2.75) is 13.0 Å². The Morgan fingerprint density at radius 1 is 1.06 bits per heavy atom. The summed E-state index contributed by atoms with van der Waals surface area (Å²) >= 11 is 3.37. The molecule has 0 saturated carbocycles. The van der Waals surface area contributed by atoms with Crippen molar-refractivity contribution < 1.29 is 22.8 Å². The zero-order valence-electron chi connectivity index (χ0n) is 16.3. The minimum Gasteiger partial charge on any atom is -0.486 e. The number of hydrogen-bond acceptors (Lipinski definition) is 5. The van der Waals surface area contributed by atoms with E-state index in [4.69, 9.17) is 13.6 Å². The van der Waals surface area contributed by atoms with Crippen LogP contribution in [0, 0.1) is 5.82 Å². The maximum atomic E-state index is 13.0. The Morgan fingerprint density at radius 2 is 1.84 bits per heavy atom. The molecule has 0 unspecified atom stereocenters. The number of aromatic nitrogens is 1. The van der Waals surface area contributed by atoms with E-state index in [0.717, 1.165) is 4.47 Å². The predicted molar refractivity (Wildman–Crippen MR) is 115 cm³/mol. The third kappa shape index (κ3) is 5.61. The van der Waals surface area contributed by atoms with Crippen LogP contribution < -0.4 is 10.1 Å². The quantitative estimate of drug-likeness (QED) is 0.362. The van der Waals surface area contributed by atoms with Crippen LogP contribution in [0.3, 0.4) is 0 Å². The largest absolute Gasteiger partial charge is 0.486 e. The molecular formula is C23H18BrFN2O4. The van der Waals surface area contributed by atoms with Gasteiger partial charge >= 0.3 is 0 Å². The van der Waals surface area contributed by atoms with Gasteiger partial charge in [-0.05, 0) is 60.7 Å². The maximum absolute atomic E-state index is 13.0. The van der Waals surface area contributed by atoms with E-state index in [0.29, 0.717) is 41.6 Å². The number of furan rings is 1. The summed E-state index contributed by atoms with van der Waals surface area (Å²) in [5.41, 5.74) is 1.37. The molecule has 1 N–H and O–H groups in total. The molecule has 4 rings (SSSR count). The van der Waals surface area contributed by atoms with Crippen LogP contribution in [0.4, 0.5) is 4.39 Å². The van der Waals surface area contributed by atoms with Gasteiger partial charge in [-0.1, -0.05) is 15.9 Å². The Kier molecular flexibility index (Phi) is 6.47. The van der Waals surface area contributed by atoms with E-state index < -0.39 is 0 Å². The fourth-order valence-corrected chi connectivity index (χ4v) is 3.07. The summed E-state index contributed by atoms with van der Waals surface area (Å²) in [7, 11) is 0.